The van der Waals surface area contributed by atoms with E-state index in [2.05, 4.69) is 399 Å². The van der Waals surface area contributed by atoms with Gasteiger partial charge in [-0.15, -0.1) is 0 Å². The fourth-order valence-corrected chi connectivity index (χ4v) is 19.9. The quantitative estimate of drug-likeness (QED) is 0.147. The molecule has 0 bridgehead atoms. The summed E-state index contributed by atoms with van der Waals surface area (Å²) in [4.78, 5) is 10.4. The van der Waals surface area contributed by atoms with Gasteiger partial charge in [0.05, 0.1) is 33.8 Å². The molecule has 0 aliphatic carbocycles. The molecule has 0 atom stereocenters. The third kappa shape index (κ3) is 9.19. The van der Waals surface area contributed by atoms with Gasteiger partial charge in [-0.1, -0.05) is 278 Å². The van der Waals surface area contributed by atoms with Crippen molar-refractivity contribution < 1.29 is 13.3 Å². The van der Waals surface area contributed by atoms with Gasteiger partial charge in [-0.3, -0.25) is 0 Å². The van der Waals surface area contributed by atoms with Gasteiger partial charge in [-0.2, -0.15) is 0 Å². The van der Waals surface area contributed by atoms with E-state index < -0.39 is 0 Å². The Morgan fingerprint density at radius 3 is 1.06 bits per heavy atom. The fraction of sp³-hybridized carbons (Fsp3) is 0.0769. The summed E-state index contributed by atoms with van der Waals surface area (Å²) in [5, 5.41) is 8.84. The predicted molar refractivity (Wildman–Crippen MR) is 479 cm³/mol. The van der Waals surface area contributed by atoms with Crippen LogP contribution in [0.25, 0.3) is 116 Å². The molecule has 114 heavy (non-hydrogen) atoms. The van der Waals surface area contributed by atoms with Gasteiger partial charge in [-0.05, 0) is 163 Å². The van der Waals surface area contributed by atoms with E-state index in [0.29, 0.717) is 0 Å². The summed E-state index contributed by atoms with van der Waals surface area (Å²) in [6.07, 6.45) is 0. The lowest BCUT2D eigenvalue weighted by molar-refractivity contribution is 0.590. The molecule has 8 heterocycles. The minimum atomic E-state index is -0.355. The molecule has 0 amide bonds. The Hall–Kier alpha value is -14.0. The first-order valence-electron chi connectivity index (χ1n) is 39.8. The second-order valence-electron chi connectivity index (χ2n) is 33.4. The molecule has 4 aromatic heterocycles. The van der Waals surface area contributed by atoms with Crippen molar-refractivity contribution in [3.8, 4) is 27.9 Å². The molecule has 0 spiro atoms. The van der Waals surface area contributed by atoms with Crippen LogP contribution >= 0.6 is 0 Å². The Balaban J connectivity index is 0.874. The van der Waals surface area contributed by atoms with Crippen LogP contribution in [0.1, 0.15) is 52.7 Å². The molecule has 0 saturated carbocycles. The monoisotopic (exact) mass is 1460 g/mol. The van der Waals surface area contributed by atoms with Crippen LogP contribution in [0.2, 0.25) is 0 Å². The Bertz CT molecular complexity index is 7410. The van der Waals surface area contributed by atoms with E-state index in [4.69, 9.17) is 13.3 Å². The number of aromatic nitrogens is 1. The SMILES string of the molecule is CC(C)(C)c1cc2c3c(c1)N(c1cccc4c1oc1ccccc14)c1ccccc1B3c1cc3c(cc1N2c1c(-c2ccccc2)cccc1-c1ccccc1)N(c1cccc2c1oc1ccccc12)c1cc(C(C)(C)C)cc2c1B3c1ccc(-n3c4ccccc4c4ccccc43)cc1N2c1cccc2c1oc1ccccc12. The van der Waals surface area contributed by atoms with Crippen LogP contribution in [0.5, 0.6) is 0 Å². The maximum Gasteiger partial charge on any atom is 0.252 e. The summed E-state index contributed by atoms with van der Waals surface area (Å²) in [6, 6.07) is 124. The molecular formula is C104H73B2N5O3. The largest absolute Gasteiger partial charge is 0.454 e. The van der Waals surface area contributed by atoms with Gasteiger partial charge in [0.15, 0.2) is 16.7 Å². The topological polar surface area (TPSA) is 57.3 Å². The smallest absolute Gasteiger partial charge is 0.252 e. The van der Waals surface area contributed by atoms with Crippen LogP contribution < -0.4 is 52.4 Å². The first kappa shape index (κ1) is 64.8. The zero-order chi connectivity index (χ0) is 75.7. The molecule has 4 aliphatic heterocycles. The second kappa shape index (κ2) is 23.8. The summed E-state index contributed by atoms with van der Waals surface area (Å²) >= 11 is 0. The number of nitrogens with zero attached hydrogens (tertiary/aromatic N) is 5. The highest BCUT2D eigenvalue weighted by atomic mass is 16.3. The molecule has 0 N–H and O–H groups in total. The summed E-state index contributed by atoms with van der Waals surface area (Å²) in [6.45, 7) is 13.5. The Morgan fingerprint density at radius 1 is 0.246 bits per heavy atom. The molecule has 0 unspecified atom stereocenters. The van der Waals surface area contributed by atoms with Crippen molar-refractivity contribution in [1.29, 1.82) is 0 Å². The number of fused-ring (bicyclic) bond motifs is 20. The lowest BCUT2D eigenvalue weighted by atomic mass is 9.30. The molecule has 8 nitrogen and oxygen atoms in total. The van der Waals surface area contributed by atoms with Crippen LogP contribution in [0.3, 0.4) is 0 Å². The zero-order valence-corrected chi connectivity index (χ0v) is 63.9. The zero-order valence-electron chi connectivity index (χ0n) is 63.9. The molecule has 16 aromatic carbocycles. The summed E-state index contributed by atoms with van der Waals surface area (Å²) < 4.78 is 24.4. The van der Waals surface area contributed by atoms with Crippen molar-refractivity contribution in [2.24, 2.45) is 0 Å². The number of hydrogen-bond acceptors (Lipinski definition) is 7. The number of benzene rings is 16. The molecule has 0 fully saturated rings. The van der Waals surface area contributed by atoms with Crippen molar-refractivity contribution in [3.05, 3.63) is 345 Å². The van der Waals surface area contributed by atoms with Gasteiger partial charge in [-0.25, -0.2) is 0 Å². The molecule has 20 aromatic rings. The molecular weight excluding hydrogens is 1390 g/mol. The van der Waals surface area contributed by atoms with E-state index in [1.165, 1.54) is 54.7 Å². The number of hydrogen-bond donors (Lipinski definition) is 0. The minimum Gasteiger partial charge on any atom is -0.454 e. The summed E-state index contributed by atoms with van der Waals surface area (Å²) in [5.41, 5.74) is 34.4. The Kier molecular flexibility index (Phi) is 13.5. The van der Waals surface area contributed by atoms with Gasteiger partial charge in [0.2, 0.25) is 0 Å². The van der Waals surface area contributed by atoms with E-state index in [-0.39, 0.29) is 24.3 Å². The Labute approximate surface area is 660 Å². The third-order valence-corrected chi connectivity index (χ3v) is 25.0. The first-order chi connectivity index (χ1) is 55.9. The second-order valence-corrected chi connectivity index (χ2v) is 33.4. The average molecular weight is 1460 g/mol. The fourth-order valence-electron chi connectivity index (χ4n) is 19.9. The van der Waals surface area contributed by atoms with Crippen LogP contribution in [0.15, 0.2) is 347 Å². The molecule has 24 rings (SSSR count). The molecule has 0 saturated heterocycles. The van der Waals surface area contributed by atoms with Crippen molar-refractivity contribution in [2.75, 3.05) is 19.6 Å². The van der Waals surface area contributed by atoms with Crippen LogP contribution in [0, 0.1) is 0 Å². The maximum atomic E-state index is 7.42. The number of para-hydroxylation sites is 10. The van der Waals surface area contributed by atoms with Crippen LogP contribution in [-0.4, -0.2) is 18.0 Å². The van der Waals surface area contributed by atoms with Gasteiger partial charge in [0, 0.05) is 105 Å². The highest BCUT2D eigenvalue weighted by Gasteiger charge is 2.51. The van der Waals surface area contributed by atoms with E-state index in [9.17, 15) is 0 Å². The molecule has 4 aliphatic rings. The standard InChI is InChI=1S/C104H73B2N5O3/c1-103(2,3)64-56-91-97-92(57-64)110(86-49-28-42-76-73-37-17-24-52-96(73)114-102(76)86)88-61-89-80(60-79(88)106(97)78-54-53-66(107-81-44-19-13-33-69(81)70-34-14-20-45-82(70)107)59-87(78)109(91)85-48-27-41-75-72-36-16-23-51-95(72)113-101(75)85)105-77-43-18-21-46-83(77)108(84-47-26-40-74-71-35-15-22-50-94(71)112-100(74)84)90-55-65(104(4,5)6)58-93(98(90)105)111(89)99-67(62-29-9-7-10-30-62)38-25-39-68(99)63-31-11-8-12-32-63/h7-61H,1-6H3. The van der Waals surface area contributed by atoms with Gasteiger partial charge < -0.3 is 37.4 Å². The average Bonchev–Trinajstić information content (AvgIpc) is 0.818. The normalized spacial score (nSPS) is 13.6. The summed E-state index contributed by atoms with van der Waals surface area (Å²) in [5.74, 6) is 0. The maximum absolute atomic E-state index is 7.42. The highest BCUT2D eigenvalue weighted by Crippen LogP contribution is 2.56. The molecule has 538 valence electrons. The predicted octanol–water partition coefficient (Wildman–Crippen LogP) is 24.6. The number of anilines is 12. The van der Waals surface area contributed by atoms with E-state index >= 15 is 0 Å². The lowest BCUT2D eigenvalue weighted by Crippen LogP contribution is -2.65. The third-order valence-electron chi connectivity index (χ3n) is 25.0. The van der Waals surface area contributed by atoms with Gasteiger partial charge >= 0.3 is 0 Å². The summed E-state index contributed by atoms with van der Waals surface area (Å²) in [7, 11) is 0. The van der Waals surface area contributed by atoms with E-state index in [0.717, 1.165) is 173 Å². The van der Waals surface area contributed by atoms with Gasteiger partial charge in [0.1, 0.15) is 16.7 Å². The van der Waals surface area contributed by atoms with Crippen LogP contribution in [-0.2, 0) is 10.8 Å². The Morgan fingerprint density at radius 2 is 0.596 bits per heavy atom. The van der Waals surface area contributed by atoms with Crippen molar-refractivity contribution in [1.82, 2.24) is 4.57 Å². The molecule has 0 radical (unpaired) electrons. The first-order valence-corrected chi connectivity index (χ1v) is 39.8. The van der Waals surface area contributed by atoms with E-state index in [1.807, 2.05) is 0 Å². The molecule has 10 heteroatoms. The highest BCUT2D eigenvalue weighted by molar-refractivity contribution is 7.03. The van der Waals surface area contributed by atoms with Gasteiger partial charge in [0.25, 0.3) is 13.4 Å². The van der Waals surface area contributed by atoms with Crippen LogP contribution in [0.4, 0.5) is 68.2 Å². The number of rotatable bonds is 7. The van der Waals surface area contributed by atoms with Crippen molar-refractivity contribution >= 4 is 202 Å². The van der Waals surface area contributed by atoms with Crippen molar-refractivity contribution in [2.45, 2.75) is 52.4 Å². The van der Waals surface area contributed by atoms with Crippen molar-refractivity contribution in [3.63, 3.8) is 0 Å². The minimum absolute atomic E-state index is 0.300. The lowest BCUT2D eigenvalue weighted by Gasteiger charge is -2.48. The van der Waals surface area contributed by atoms with E-state index in [1.54, 1.807) is 0 Å². The number of furan rings is 3.